The molecule has 0 aliphatic heterocycles. The molecule has 5 nitrogen and oxygen atoms in total. The molecule has 0 saturated heterocycles. The second kappa shape index (κ2) is 5.21. The van der Waals surface area contributed by atoms with E-state index < -0.39 is 0 Å². The standard InChI is InChI=1S/C12H21N5/c1-9-8-10(2)17(16-9)7-3-6-14-12(13)15-11-4-5-11/h8,11H,3-7H2,1-2H3,(H3,13,14,15). The number of rotatable bonds is 5. The van der Waals surface area contributed by atoms with Crippen LogP contribution < -0.4 is 11.1 Å². The molecular weight excluding hydrogens is 214 g/mol. The maximum atomic E-state index is 5.74. The molecule has 1 fully saturated rings. The van der Waals surface area contributed by atoms with Gasteiger partial charge in [0.1, 0.15) is 0 Å². The Labute approximate surface area is 102 Å². The molecule has 0 amide bonds. The van der Waals surface area contributed by atoms with Gasteiger partial charge in [-0.25, -0.2) is 0 Å². The third-order valence-electron chi connectivity index (χ3n) is 2.84. The summed E-state index contributed by atoms with van der Waals surface area (Å²) in [5.41, 5.74) is 8.02. The van der Waals surface area contributed by atoms with Crippen LogP contribution in [0.15, 0.2) is 11.1 Å². The number of guanidine groups is 1. The maximum absolute atomic E-state index is 5.74. The summed E-state index contributed by atoms with van der Waals surface area (Å²) in [5.74, 6) is 0.584. The zero-order chi connectivity index (χ0) is 12.3. The summed E-state index contributed by atoms with van der Waals surface area (Å²) in [7, 11) is 0. The van der Waals surface area contributed by atoms with E-state index in [1.165, 1.54) is 18.5 Å². The Kier molecular flexibility index (Phi) is 3.66. The molecular formula is C12H21N5. The lowest BCUT2D eigenvalue weighted by Crippen LogP contribution is -2.33. The van der Waals surface area contributed by atoms with Crippen molar-refractivity contribution in [3.63, 3.8) is 0 Å². The Bertz CT molecular complexity index is 403. The smallest absolute Gasteiger partial charge is 0.188 e. The zero-order valence-corrected chi connectivity index (χ0v) is 10.6. The molecule has 0 atom stereocenters. The van der Waals surface area contributed by atoms with E-state index in [1.807, 2.05) is 11.6 Å². The van der Waals surface area contributed by atoms with Crippen molar-refractivity contribution < 1.29 is 0 Å². The molecule has 0 bridgehead atoms. The summed E-state index contributed by atoms with van der Waals surface area (Å²) >= 11 is 0. The molecule has 1 aromatic heterocycles. The Hall–Kier alpha value is -1.52. The molecule has 0 spiro atoms. The van der Waals surface area contributed by atoms with Crippen LogP contribution >= 0.6 is 0 Å². The number of nitrogens with zero attached hydrogens (tertiary/aromatic N) is 3. The van der Waals surface area contributed by atoms with E-state index in [1.54, 1.807) is 0 Å². The minimum atomic E-state index is 0.578. The van der Waals surface area contributed by atoms with Crippen LogP contribution in [0, 0.1) is 13.8 Å². The van der Waals surface area contributed by atoms with Gasteiger partial charge < -0.3 is 11.1 Å². The van der Waals surface area contributed by atoms with Crippen LogP contribution in [-0.2, 0) is 6.54 Å². The van der Waals surface area contributed by atoms with Crippen LogP contribution in [0.2, 0.25) is 0 Å². The van der Waals surface area contributed by atoms with E-state index in [0.29, 0.717) is 12.0 Å². The summed E-state index contributed by atoms with van der Waals surface area (Å²) in [6, 6.07) is 2.67. The van der Waals surface area contributed by atoms with Gasteiger partial charge >= 0.3 is 0 Å². The molecule has 1 aliphatic rings. The number of hydrogen-bond acceptors (Lipinski definition) is 2. The molecule has 0 aromatic carbocycles. The summed E-state index contributed by atoms with van der Waals surface area (Å²) in [6.45, 7) is 5.75. The van der Waals surface area contributed by atoms with Gasteiger partial charge in [-0.05, 0) is 39.2 Å². The van der Waals surface area contributed by atoms with Gasteiger partial charge in [0.05, 0.1) is 5.69 Å². The lowest BCUT2D eigenvalue weighted by Gasteiger charge is -2.04. The van der Waals surface area contributed by atoms with Crippen LogP contribution in [0.3, 0.4) is 0 Å². The number of nitrogens with one attached hydrogen (secondary N) is 1. The lowest BCUT2D eigenvalue weighted by atomic mass is 10.4. The minimum absolute atomic E-state index is 0.578. The fraction of sp³-hybridized carbons (Fsp3) is 0.667. The highest BCUT2D eigenvalue weighted by molar-refractivity contribution is 5.78. The third-order valence-corrected chi connectivity index (χ3v) is 2.84. The zero-order valence-electron chi connectivity index (χ0n) is 10.6. The van der Waals surface area contributed by atoms with Crippen LogP contribution in [0.4, 0.5) is 0 Å². The topological polar surface area (TPSA) is 68.2 Å². The van der Waals surface area contributed by atoms with Crippen molar-refractivity contribution in [1.82, 2.24) is 15.1 Å². The van der Waals surface area contributed by atoms with Crippen LogP contribution in [0.1, 0.15) is 30.7 Å². The quantitative estimate of drug-likeness (QED) is 0.454. The molecule has 5 heteroatoms. The van der Waals surface area contributed by atoms with Gasteiger partial charge in [0.2, 0.25) is 0 Å². The highest BCUT2D eigenvalue weighted by Crippen LogP contribution is 2.17. The highest BCUT2D eigenvalue weighted by Gasteiger charge is 2.21. The molecule has 1 aromatic rings. The first kappa shape index (κ1) is 12.0. The Morgan fingerprint density at radius 2 is 2.35 bits per heavy atom. The van der Waals surface area contributed by atoms with Crippen LogP contribution in [0.25, 0.3) is 0 Å². The summed E-state index contributed by atoms with van der Waals surface area (Å²) in [5, 5.41) is 7.58. The van der Waals surface area contributed by atoms with Crippen molar-refractivity contribution in [3.05, 3.63) is 17.5 Å². The van der Waals surface area contributed by atoms with Gasteiger partial charge in [0.15, 0.2) is 5.96 Å². The van der Waals surface area contributed by atoms with E-state index in [2.05, 4.69) is 28.4 Å². The lowest BCUT2D eigenvalue weighted by molar-refractivity contribution is 0.567. The Morgan fingerprint density at radius 1 is 1.59 bits per heavy atom. The van der Waals surface area contributed by atoms with Crippen molar-refractivity contribution in [1.29, 1.82) is 0 Å². The van der Waals surface area contributed by atoms with Crippen molar-refractivity contribution in [2.75, 3.05) is 6.54 Å². The summed E-state index contributed by atoms with van der Waals surface area (Å²) < 4.78 is 2.02. The van der Waals surface area contributed by atoms with Gasteiger partial charge in [-0.2, -0.15) is 5.10 Å². The van der Waals surface area contributed by atoms with Crippen LogP contribution in [0.5, 0.6) is 0 Å². The Morgan fingerprint density at radius 3 is 2.94 bits per heavy atom. The number of aryl methyl sites for hydroxylation is 3. The average Bonchev–Trinajstić information content (AvgIpc) is 3.00. The first-order chi connectivity index (χ1) is 8.15. The molecule has 1 heterocycles. The van der Waals surface area contributed by atoms with Crippen molar-refractivity contribution in [2.24, 2.45) is 10.7 Å². The second-order valence-corrected chi connectivity index (χ2v) is 4.69. The SMILES string of the molecule is Cc1cc(C)n(CCCN=C(N)NC2CC2)n1. The first-order valence-electron chi connectivity index (χ1n) is 6.22. The van der Waals surface area contributed by atoms with E-state index >= 15 is 0 Å². The van der Waals surface area contributed by atoms with E-state index in [4.69, 9.17) is 5.73 Å². The molecule has 0 radical (unpaired) electrons. The van der Waals surface area contributed by atoms with E-state index in [-0.39, 0.29) is 0 Å². The molecule has 17 heavy (non-hydrogen) atoms. The maximum Gasteiger partial charge on any atom is 0.188 e. The van der Waals surface area contributed by atoms with Crippen LogP contribution in [-0.4, -0.2) is 28.3 Å². The van der Waals surface area contributed by atoms with Gasteiger partial charge in [0.25, 0.3) is 0 Å². The molecule has 1 saturated carbocycles. The summed E-state index contributed by atoms with van der Waals surface area (Å²) in [4.78, 5) is 4.30. The molecule has 94 valence electrons. The van der Waals surface area contributed by atoms with E-state index in [0.717, 1.165) is 25.2 Å². The van der Waals surface area contributed by atoms with Crippen molar-refractivity contribution in [3.8, 4) is 0 Å². The minimum Gasteiger partial charge on any atom is -0.370 e. The predicted molar refractivity (Wildman–Crippen MR) is 69.0 cm³/mol. The summed E-state index contributed by atoms with van der Waals surface area (Å²) in [6.07, 6.45) is 3.42. The normalized spacial score (nSPS) is 16.2. The molecule has 1 aliphatic carbocycles. The fourth-order valence-corrected chi connectivity index (χ4v) is 1.80. The number of aromatic nitrogens is 2. The second-order valence-electron chi connectivity index (χ2n) is 4.69. The molecule has 3 N–H and O–H groups in total. The fourth-order valence-electron chi connectivity index (χ4n) is 1.80. The highest BCUT2D eigenvalue weighted by atomic mass is 15.3. The van der Waals surface area contributed by atoms with Gasteiger partial charge in [0, 0.05) is 24.8 Å². The largest absolute Gasteiger partial charge is 0.370 e. The number of nitrogens with two attached hydrogens (primary N) is 1. The molecule has 0 unspecified atom stereocenters. The first-order valence-corrected chi connectivity index (χ1v) is 6.22. The molecule has 2 rings (SSSR count). The Balaban J connectivity index is 1.70. The van der Waals surface area contributed by atoms with Crippen molar-refractivity contribution in [2.45, 2.75) is 45.7 Å². The number of aliphatic imine (C=N–C) groups is 1. The van der Waals surface area contributed by atoms with Gasteiger partial charge in [-0.15, -0.1) is 0 Å². The van der Waals surface area contributed by atoms with Gasteiger partial charge in [-0.1, -0.05) is 0 Å². The number of hydrogen-bond donors (Lipinski definition) is 2. The van der Waals surface area contributed by atoms with Crippen molar-refractivity contribution >= 4 is 5.96 Å². The van der Waals surface area contributed by atoms with Gasteiger partial charge in [-0.3, -0.25) is 9.67 Å². The van der Waals surface area contributed by atoms with E-state index in [9.17, 15) is 0 Å². The average molecular weight is 235 g/mol. The monoisotopic (exact) mass is 235 g/mol. The third kappa shape index (κ3) is 3.76. The predicted octanol–water partition coefficient (Wildman–Crippen LogP) is 0.957.